The van der Waals surface area contributed by atoms with E-state index in [-0.39, 0.29) is 24.2 Å². The second kappa shape index (κ2) is 6.92. The zero-order valence-corrected chi connectivity index (χ0v) is 14.5. The first-order valence-electron chi connectivity index (χ1n) is 8.62. The summed E-state index contributed by atoms with van der Waals surface area (Å²) in [7, 11) is 0. The number of anilines is 1. The fraction of sp³-hybridized carbons (Fsp3) is 0.368. The monoisotopic (exact) mass is 357 g/mol. The average Bonchev–Trinajstić information content (AvgIpc) is 2.89. The summed E-state index contributed by atoms with van der Waals surface area (Å²) < 4.78 is 6.01. The molecule has 2 atom stereocenters. The number of nitrogens with one attached hydrogen (secondary N) is 1. The SMILES string of the molecule is O=C(Nc1ccccc1Cl)N1[C@H]2CC[C@H]1CC(Oc1ccccn1)C2. The molecule has 1 N–H and O–H groups in total. The number of rotatable bonds is 3. The van der Waals surface area contributed by atoms with Crippen LogP contribution in [0.25, 0.3) is 0 Å². The van der Waals surface area contributed by atoms with Crippen LogP contribution in [0.5, 0.6) is 5.88 Å². The van der Waals surface area contributed by atoms with Crippen molar-refractivity contribution in [1.82, 2.24) is 9.88 Å². The molecule has 1 aromatic heterocycles. The Bertz CT molecular complexity index is 741. The highest BCUT2D eigenvalue weighted by atomic mass is 35.5. The number of benzene rings is 1. The third kappa shape index (κ3) is 3.42. The number of para-hydroxylation sites is 1. The quantitative estimate of drug-likeness (QED) is 0.888. The highest BCUT2D eigenvalue weighted by molar-refractivity contribution is 6.33. The Morgan fingerprint density at radius 3 is 2.52 bits per heavy atom. The predicted octanol–water partition coefficient (Wildman–Crippen LogP) is 4.34. The largest absolute Gasteiger partial charge is 0.474 e. The van der Waals surface area contributed by atoms with Gasteiger partial charge in [0.25, 0.3) is 0 Å². The molecular weight excluding hydrogens is 338 g/mol. The molecule has 2 bridgehead atoms. The zero-order chi connectivity index (χ0) is 17.2. The van der Waals surface area contributed by atoms with Gasteiger partial charge < -0.3 is 15.0 Å². The van der Waals surface area contributed by atoms with Crippen molar-refractivity contribution in [3.63, 3.8) is 0 Å². The standard InChI is InChI=1S/C19H20ClN3O2/c20-16-5-1-2-6-17(16)22-19(24)23-13-8-9-14(23)12-15(11-13)25-18-7-3-4-10-21-18/h1-7,10,13-15H,8-9,11-12H2,(H,22,24)/t13-,14-/m0/s1. The van der Waals surface area contributed by atoms with Gasteiger partial charge in [-0.2, -0.15) is 0 Å². The van der Waals surface area contributed by atoms with Crippen molar-refractivity contribution >= 4 is 23.3 Å². The van der Waals surface area contributed by atoms with Crippen LogP contribution in [0.15, 0.2) is 48.7 Å². The minimum Gasteiger partial charge on any atom is -0.474 e. The molecule has 2 aliphatic heterocycles. The number of amides is 2. The van der Waals surface area contributed by atoms with E-state index in [9.17, 15) is 4.79 Å². The molecule has 2 aromatic rings. The van der Waals surface area contributed by atoms with E-state index in [0.717, 1.165) is 25.7 Å². The molecule has 25 heavy (non-hydrogen) atoms. The molecule has 0 unspecified atom stereocenters. The topological polar surface area (TPSA) is 54.5 Å². The van der Waals surface area contributed by atoms with E-state index in [0.29, 0.717) is 16.6 Å². The van der Waals surface area contributed by atoms with E-state index in [2.05, 4.69) is 10.3 Å². The Balaban J connectivity index is 1.42. The Labute approximate surface area is 152 Å². The fourth-order valence-electron chi connectivity index (χ4n) is 3.88. The summed E-state index contributed by atoms with van der Waals surface area (Å²) in [5.41, 5.74) is 0.653. The first kappa shape index (κ1) is 16.2. The van der Waals surface area contributed by atoms with E-state index in [1.165, 1.54) is 0 Å². The van der Waals surface area contributed by atoms with E-state index < -0.39 is 0 Å². The number of fused-ring (bicyclic) bond motifs is 2. The third-order valence-corrected chi connectivity index (χ3v) is 5.29. The van der Waals surface area contributed by atoms with Crippen LogP contribution in [0.3, 0.4) is 0 Å². The number of ether oxygens (including phenoxy) is 1. The van der Waals surface area contributed by atoms with Crippen LogP contribution in [0.2, 0.25) is 5.02 Å². The summed E-state index contributed by atoms with van der Waals surface area (Å²) in [6.45, 7) is 0. The molecule has 0 saturated carbocycles. The molecule has 2 fully saturated rings. The molecule has 130 valence electrons. The van der Waals surface area contributed by atoms with Gasteiger partial charge >= 0.3 is 6.03 Å². The lowest BCUT2D eigenvalue weighted by molar-refractivity contribution is 0.0704. The summed E-state index contributed by atoms with van der Waals surface area (Å²) in [5, 5.41) is 3.50. The lowest BCUT2D eigenvalue weighted by Gasteiger charge is -2.38. The second-order valence-electron chi connectivity index (χ2n) is 6.58. The third-order valence-electron chi connectivity index (χ3n) is 4.96. The van der Waals surface area contributed by atoms with Crippen molar-refractivity contribution < 1.29 is 9.53 Å². The van der Waals surface area contributed by atoms with Crippen LogP contribution >= 0.6 is 11.6 Å². The van der Waals surface area contributed by atoms with Crippen LogP contribution in [-0.4, -0.2) is 34.1 Å². The van der Waals surface area contributed by atoms with Crippen LogP contribution in [0.1, 0.15) is 25.7 Å². The number of urea groups is 1. The Hall–Kier alpha value is -2.27. The molecule has 2 amide bonds. The summed E-state index contributed by atoms with van der Waals surface area (Å²) in [6, 6.07) is 13.3. The Morgan fingerprint density at radius 2 is 1.84 bits per heavy atom. The second-order valence-corrected chi connectivity index (χ2v) is 6.99. The van der Waals surface area contributed by atoms with Crippen LogP contribution in [0, 0.1) is 0 Å². The smallest absolute Gasteiger partial charge is 0.322 e. The molecule has 6 heteroatoms. The number of pyridine rings is 1. The Morgan fingerprint density at radius 1 is 1.12 bits per heavy atom. The minimum atomic E-state index is -0.0723. The highest BCUT2D eigenvalue weighted by Gasteiger charge is 2.44. The maximum absolute atomic E-state index is 12.7. The molecule has 0 aliphatic carbocycles. The number of halogens is 1. The fourth-order valence-corrected chi connectivity index (χ4v) is 4.07. The van der Waals surface area contributed by atoms with E-state index >= 15 is 0 Å². The van der Waals surface area contributed by atoms with E-state index in [1.54, 1.807) is 12.3 Å². The van der Waals surface area contributed by atoms with Crippen molar-refractivity contribution in [2.45, 2.75) is 43.9 Å². The molecular formula is C19H20ClN3O2. The molecule has 0 radical (unpaired) electrons. The summed E-state index contributed by atoms with van der Waals surface area (Å²) in [4.78, 5) is 19.0. The molecule has 4 rings (SSSR count). The van der Waals surface area contributed by atoms with Gasteiger partial charge in [0.15, 0.2) is 0 Å². The van der Waals surface area contributed by atoms with Crippen LogP contribution < -0.4 is 10.1 Å². The normalized spacial score (nSPS) is 24.8. The highest BCUT2D eigenvalue weighted by Crippen LogP contribution is 2.37. The minimum absolute atomic E-state index is 0.0723. The van der Waals surface area contributed by atoms with E-state index in [4.69, 9.17) is 16.3 Å². The van der Waals surface area contributed by atoms with Crippen molar-refractivity contribution in [3.05, 3.63) is 53.7 Å². The molecule has 3 heterocycles. The number of piperidine rings is 1. The van der Waals surface area contributed by atoms with Gasteiger partial charge in [-0.3, -0.25) is 0 Å². The van der Waals surface area contributed by atoms with Gasteiger partial charge in [-0.1, -0.05) is 29.8 Å². The number of carbonyl (C=O) groups is 1. The van der Waals surface area contributed by atoms with Crippen molar-refractivity contribution in [2.24, 2.45) is 0 Å². The number of carbonyl (C=O) groups excluding carboxylic acids is 1. The van der Waals surface area contributed by atoms with Gasteiger partial charge in [0.2, 0.25) is 5.88 Å². The number of hydrogen-bond donors (Lipinski definition) is 1. The first-order valence-corrected chi connectivity index (χ1v) is 9.00. The number of nitrogens with zero attached hydrogens (tertiary/aromatic N) is 2. The van der Waals surface area contributed by atoms with Gasteiger partial charge in [0.05, 0.1) is 10.7 Å². The summed E-state index contributed by atoms with van der Waals surface area (Å²) >= 11 is 6.15. The van der Waals surface area contributed by atoms with Crippen molar-refractivity contribution in [3.8, 4) is 5.88 Å². The van der Waals surface area contributed by atoms with Gasteiger partial charge in [0, 0.05) is 37.2 Å². The lowest BCUT2D eigenvalue weighted by Crippen LogP contribution is -2.50. The molecule has 0 spiro atoms. The lowest BCUT2D eigenvalue weighted by atomic mass is 10.00. The van der Waals surface area contributed by atoms with Gasteiger partial charge in [-0.25, -0.2) is 9.78 Å². The number of hydrogen-bond acceptors (Lipinski definition) is 3. The van der Waals surface area contributed by atoms with Crippen LogP contribution in [0.4, 0.5) is 10.5 Å². The van der Waals surface area contributed by atoms with Crippen molar-refractivity contribution in [2.75, 3.05) is 5.32 Å². The predicted molar refractivity (Wildman–Crippen MR) is 97.0 cm³/mol. The van der Waals surface area contributed by atoms with E-state index in [1.807, 2.05) is 41.3 Å². The molecule has 1 aromatic carbocycles. The maximum atomic E-state index is 12.7. The molecule has 2 aliphatic rings. The molecule has 2 saturated heterocycles. The average molecular weight is 358 g/mol. The Kier molecular flexibility index (Phi) is 4.49. The number of aromatic nitrogens is 1. The van der Waals surface area contributed by atoms with Crippen LogP contribution in [-0.2, 0) is 0 Å². The van der Waals surface area contributed by atoms with Gasteiger partial charge in [-0.05, 0) is 31.0 Å². The van der Waals surface area contributed by atoms with Gasteiger partial charge in [0.1, 0.15) is 6.10 Å². The van der Waals surface area contributed by atoms with Gasteiger partial charge in [-0.15, -0.1) is 0 Å². The maximum Gasteiger partial charge on any atom is 0.322 e. The molecule has 5 nitrogen and oxygen atoms in total. The summed E-state index contributed by atoms with van der Waals surface area (Å²) in [6.07, 6.45) is 5.55. The zero-order valence-electron chi connectivity index (χ0n) is 13.8. The van der Waals surface area contributed by atoms with Crippen molar-refractivity contribution in [1.29, 1.82) is 0 Å². The summed E-state index contributed by atoms with van der Waals surface area (Å²) in [5.74, 6) is 0.654. The first-order chi connectivity index (χ1) is 12.2.